The van der Waals surface area contributed by atoms with Crippen molar-refractivity contribution in [3.05, 3.63) is 45.3 Å². The van der Waals surface area contributed by atoms with E-state index in [4.69, 9.17) is 17.3 Å². The van der Waals surface area contributed by atoms with Gasteiger partial charge in [-0.25, -0.2) is 4.79 Å². The number of piperidine rings is 1. The normalized spacial score (nSPS) is 18.1. The lowest BCUT2D eigenvalue weighted by Crippen LogP contribution is -2.45. The average Bonchev–Trinajstić information content (AvgIpc) is 3.07. The lowest BCUT2D eigenvalue weighted by Gasteiger charge is -2.39. The Bertz CT molecular complexity index is 938. The number of rotatable bonds is 4. The van der Waals surface area contributed by atoms with Gasteiger partial charge in [-0.2, -0.15) is 0 Å². The van der Waals surface area contributed by atoms with Crippen molar-refractivity contribution in [2.45, 2.75) is 31.8 Å². The Morgan fingerprint density at radius 3 is 2.50 bits per heavy atom. The van der Waals surface area contributed by atoms with E-state index in [1.165, 1.54) is 11.3 Å². The van der Waals surface area contributed by atoms with E-state index in [-0.39, 0.29) is 0 Å². The van der Waals surface area contributed by atoms with Crippen LogP contribution in [-0.4, -0.2) is 54.5 Å². The number of hydrogen-bond donors (Lipinski definition) is 3. The molecule has 1 saturated heterocycles. The van der Waals surface area contributed by atoms with Crippen LogP contribution >= 0.6 is 22.9 Å². The van der Waals surface area contributed by atoms with Crippen molar-refractivity contribution < 1.29 is 9.59 Å². The fourth-order valence-electron chi connectivity index (χ4n) is 4.24. The molecule has 7 nitrogen and oxygen atoms in total. The number of halogens is 1. The Hall–Kier alpha value is -2.13. The van der Waals surface area contributed by atoms with E-state index < -0.39 is 11.9 Å². The third-order valence-electron chi connectivity index (χ3n) is 5.87. The zero-order chi connectivity index (χ0) is 21.3. The minimum absolute atomic E-state index is 0.411. The first-order chi connectivity index (χ1) is 14.4. The van der Waals surface area contributed by atoms with E-state index in [9.17, 15) is 9.59 Å². The first-order valence-electron chi connectivity index (χ1n) is 10.1. The van der Waals surface area contributed by atoms with Gasteiger partial charge in [0.2, 0.25) is 0 Å². The molecular formula is C21H26ClN5O2S. The SMILES string of the molecule is CN1CCC(N2CCc3c(sc(NC(=O)Nc4ccc(Cl)cc4)c3C(N)=O)C2)CC1. The maximum Gasteiger partial charge on any atom is 0.324 e. The van der Waals surface area contributed by atoms with Crippen molar-refractivity contribution in [3.8, 4) is 0 Å². The molecule has 3 heterocycles. The van der Waals surface area contributed by atoms with E-state index in [0.29, 0.717) is 27.3 Å². The summed E-state index contributed by atoms with van der Waals surface area (Å²) in [5, 5.41) is 6.69. The molecule has 2 aliphatic heterocycles. The number of nitrogens with zero attached hydrogens (tertiary/aromatic N) is 2. The molecule has 0 radical (unpaired) electrons. The second-order valence-electron chi connectivity index (χ2n) is 7.91. The van der Waals surface area contributed by atoms with Gasteiger partial charge in [0.05, 0.1) is 5.56 Å². The Morgan fingerprint density at radius 2 is 1.83 bits per heavy atom. The Balaban J connectivity index is 1.48. The monoisotopic (exact) mass is 447 g/mol. The molecule has 9 heteroatoms. The van der Waals surface area contributed by atoms with Gasteiger partial charge in [0.1, 0.15) is 5.00 Å². The van der Waals surface area contributed by atoms with Crippen LogP contribution in [0.2, 0.25) is 5.02 Å². The summed E-state index contributed by atoms with van der Waals surface area (Å²) in [6, 6.07) is 7.00. The number of hydrogen-bond acceptors (Lipinski definition) is 5. The molecule has 0 atom stereocenters. The fraction of sp³-hybridized carbons (Fsp3) is 0.429. The molecule has 1 fully saturated rings. The predicted octanol–water partition coefficient (Wildman–Crippen LogP) is 3.60. The van der Waals surface area contributed by atoms with Gasteiger partial charge < -0.3 is 16.0 Å². The van der Waals surface area contributed by atoms with E-state index in [1.807, 2.05) is 0 Å². The van der Waals surface area contributed by atoms with E-state index in [1.54, 1.807) is 24.3 Å². The number of primary amides is 1. The average molecular weight is 448 g/mol. The standard InChI is InChI=1S/C21H26ClN5O2S/c1-26-9-6-15(7-10-26)27-11-8-16-17(12-27)30-20(18(16)19(23)28)25-21(29)24-14-4-2-13(22)3-5-14/h2-5,15H,6-12H2,1H3,(H2,23,28)(H2,24,25,29). The van der Waals surface area contributed by atoms with Gasteiger partial charge in [-0.15, -0.1) is 11.3 Å². The van der Waals surface area contributed by atoms with Crippen LogP contribution in [0.4, 0.5) is 15.5 Å². The summed E-state index contributed by atoms with van der Waals surface area (Å²) in [4.78, 5) is 30.6. The van der Waals surface area contributed by atoms with Crippen LogP contribution in [0.3, 0.4) is 0 Å². The molecule has 0 spiro atoms. The van der Waals surface area contributed by atoms with Crippen LogP contribution in [0.15, 0.2) is 24.3 Å². The molecule has 30 heavy (non-hydrogen) atoms. The number of nitrogens with one attached hydrogen (secondary N) is 2. The number of amides is 3. The number of likely N-dealkylation sites (tertiary alicyclic amines) is 1. The van der Waals surface area contributed by atoms with Crippen LogP contribution in [0.25, 0.3) is 0 Å². The molecule has 2 aliphatic rings. The molecule has 0 unspecified atom stereocenters. The first kappa shape index (κ1) is 21.1. The zero-order valence-corrected chi connectivity index (χ0v) is 18.5. The van der Waals surface area contributed by atoms with E-state index in [2.05, 4.69) is 27.5 Å². The highest BCUT2D eigenvalue weighted by molar-refractivity contribution is 7.17. The van der Waals surface area contributed by atoms with Gasteiger partial charge in [-0.3, -0.25) is 15.0 Å². The third kappa shape index (κ3) is 4.62. The minimum Gasteiger partial charge on any atom is -0.365 e. The van der Waals surface area contributed by atoms with Crippen LogP contribution < -0.4 is 16.4 Å². The summed E-state index contributed by atoms with van der Waals surface area (Å²) in [6.07, 6.45) is 3.10. The van der Waals surface area contributed by atoms with Gasteiger partial charge in [0, 0.05) is 34.7 Å². The molecule has 3 amide bonds. The highest BCUT2D eigenvalue weighted by atomic mass is 35.5. The molecule has 4 N–H and O–H groups in total. The van der Waals surface area contributed by atoms with Gasteiger partial charge >= 0.3 is 6.03 Å². The van der Waals surface area contributed by atoms with Crippen LogP contribution in [0.1, 0.15) is 33.6 Å². The number of nitrogens with two attached hydrogens (primary N) is 1. The molecule has 2 aromatic rings. The lowest BCUT2D eigenvalue weighted by atomic mass is 9.97. The molecule has 1 aromatic carbocycles. The van der Waals surface area contributed by atoms with Gasteiger partial charge in [-0.05, 0) is 69.2 Å². The van der Waals surface area contributed by atoms with Crippen molar-refractivity contribution in [1.82, 2.24) is 9.80 Å². The van der Waals surface area contributed by atoms with Crippen molar-refractivity contribution in [3.63, 3.8) is 0 Å². The van der Waals surface area contributed by atoms with Crippen molar-refractivity contribution in [1.29, 1.82) is 0 Å². The second kappa shape index (κ2) is 8.93. The molecule has 0 bridgehead atoms. The number of thiophene rings is 1. The zero-order valence-electron chi connectivity index (χ0n) is 16.9. The number of benzene rings is 1. The number of carbonyl (C=O) groups excluding carboxylic acids is 2. The molecule has 4 rings (SSSR count). The van der Waals surface area contributed by atoms with Crippen LogP contribution in [-0.2, 0) is 13.0 Å². The Morgan fingerprint density at radius 1 is 1.13 bits per heavy atom. The summed E-state index contributed by atoms with van der Waals surface area (Å²) in [6.45, 7) is 3.94. The highest BCUT2D eigenvalue weighted by Crippen LogP contribution is 2.38. The van der Waals surface area contributed by atoms with Crippen molar-refractivity contribution in [2.75, 3.05) is 37.3 Å². The highest BCUT2D eigenvalue weighted by Gasteiger charge is 2.31. The molecule has 1 aromatic heterocycles. The molecule has 160 valence electrons. The maximum absolute atomic E-state index is 12.5. The number of anilines is 2. The molecular weight excluding hydrogens is 422 g/mol. The fourth-order valence-corrected chi connectivity index (χ4v) is 5.64. The Kier molecular flexibility index (Phi) is 6.29. The third-order valence-corrected chi connectivity index (χ3v) is 7.25. The summed E-state index contributed by atoms with van der Waals surface area (Å²) in [5.41, 5.74) is 7.73. The van der Waals surface area contributed by atoms with Crippen LogP contribution in [0.5, 0.6) is 0 Å². The van der Waals surface area contributed by atoms with E-state index >= 15 is 0 Å². The summed E-state index contributed by atoms with van der Waals surface area (Å²) in [5.74, 6) is -0.498. The van der Waals surface area contributed by atoms with Crippen molar-refractivity contribution in [2.24, 2.45) is 5.73 Å². The van der Waals surface area contributed by atoms with Gasteiger partial charge in [0.25, 0.3) is 5.91 Å². The maximum atomic E-state index is 12.5. The number of carbonyl (C=O) groups is 2. The molecule has 0 aliphatic carbocycles. The summed E-state index contributed by atoms with van der Waals surface area (Å²) >= 11 is 7.34. The second-order valence-corrected chi connectivity index (χ2v) is 9.45. The van der Waals surface area contributed by atoms with Gasteiger partial charge in [-0.1, -0.05) is 11.6 Å². The van der Waals surface area contributed by atoms with Gasteiger partial charge in [0.15, 0.2) is 0 Å². The smallest absolute Gasteiger partial charge is 0.324 e. The number of fused-ring (bicyclic) bond motifs is 1. The topological polar surface area (TPSA) is 90.7 Å². The van der Waals surface area contributed by atoms with Crippen molar-refractivity contribution >= 4 is 45.6 Å². The minimum atomic E-state index is -0.498. The largest absolute Gasteiger partial charge is 0.365 e. The molecule has 0 saturated carbocycles. The quantitative estimate of drug-likeness (QED) is 0.667. The predicted molar refractivity (Wildman–Crippen MR) is 122 cm³/mol. The lowest BCUT2D eigenvalue weighted by molar-refractivity contribution is 0.0994. The van der Waals surface area contributed by atoms with Crippen LogP contribution in [0, 0.1) is 0 Å². The summed E-state index contributed by atoms with van der Waals surface area (Å²) in [7, 11) is 2.16. The van der Waals surface area contributed by atoms with E-state index in [0.717, 1.165) is 55.9 Å². The summed E-state index contributed by atoms with van der Waals surface area (Å²) < 4.78 is 0. The first-order valence-corrected chi connectivity index (χ1v) is 11.3. The Labute approximate surface area is 185 Å². The number of urea groups is 1.